The largest absolute Gasteiger partial charge is 0.396 e. The van der Waals surface area contributed by atoms with Crippen LogP contribution in [0.4, 0.5) is 0 Å². The minimum Gasteiger partial charge on any atom is -0.396 e. The molecule has 1 aromatic rings. The van der Waals surface area contributed by atoms with Crippen LogP contribution in [0.25, 0.3) is 0 Å². The van der Waals surface area contributed by atoms with E-state index in [9.17, 15) is 10.2 Å². The predicted molar refractivity (Wildman–Crippen MR) is 75.2 cm³/mol. The van der Waals surface area contributed by atoms with E-state index < -0.39 is 6.29 Å². The number of aliphatic hydroxyl groups excluding tert-OH is 2. The highest BCUT2D eigenvalue weighted by Gasteiger charge is 2.49. The molecule has 0 amide bonds. The number of benzene rings is 1. The lowest BCUT2D eigenvalue weighted by Gasteiger charge is -2.21. The average molecular weight is 294 g/mol. The van der Waals surface area contributed by atoms with Gasteiger partial charge in [0, 0.05) is 25.4 Å². The minimum absolute atomic E-state index is 0.00345. The molecule has 1 aliphatic carbocycles. The molecule has 2 fully saturated rings. The molecule has 0 aromatic heterocycles. The standard InChI is InChI=1S/C16H22O5/c17-8-13-12-6-16(18)21-15(12)7-14(13)20-10-19-9-11-4-2-1-3-5-11/h1-5,12-18H,6-10H2. The van der Waals surface area contributed by atoms with Gasteiger partial charge in [0.1, 0.15) is 6.79 Å². The Hall–Kier alpha value is -0.980. The van der Waals surface area contributed by atoms with E-state index in [-0.39, 0.29) is 37.4 Å². The van der Waals surface area contributed by atoms with Gasteiger partial charge in [0.2, 0.25) is 0 Å². The molecule has 5 atom stereocenters. The maximum atomic E-state index is 9.55. The SMILES string of the molecule is OCC1C(OCOCc2ccccc2)CC2OC(O)CC21. The Bertz CT molecular complexity index is 438. The van der Waals surface area contributed by atoms with Crippen molar-refractivity contribution in [2.75, 3.05) is 13.4 Å². The summed E-state index contributed by atoms with van der Waals surface area (Å²) in [6, 6.07) is 9.93. The molecule has 5 unspecified atom stereocenters. The summed E-state index contributed by atoms with van der Waals surface area (Å²) < 4.78 is 16.7. The zero-order valence-corrected chi connectivity index (χ0v) is 11.9. The summed E-state index contributed by atoms with van der Waals surface area (Å²) in [6.07, 6.45) is 0.538. The van der Waals surface area contributed by atoms with Crippen LogP contribution in [0.2, 0.25) is 0 Å². The molecule has 1 heterocycles. The second-order valence-electron chi connectivity index (χ2n) is 5.77. The van der Waals surface area contributed by atoms with Gasteiger partial charge < -0.3 is 24.4 Å². The van der Waals surface area contributed by atoms with Crippen molar-refractivity contribution < 1.29 is 24.4 Å². The predicted octanol–water partition coefficient (Wildman–Crippen LogP) is 1.28. The molecule has 21 heavy (non-hydrogen) atoms. The van der Waals surface area contributed by atoms with Gasteiger partial charge in [0.05, 0.1) is 18.8 Å². The molecule has 0 spiro atoms. The van der Waals surface area contributed by atoms with Gasteiger partial charge in [-0.15, -0.1) is 0 Å². The third kappa shape index (κ3) is 3.44. The number of rotatable bonds is 6. The maximum Gasteiger partial charge on any atom is 0.155 e. The van der Waals surface area contributed by atoms with Gasteiger partial charge in [-0.25, -0.2) is 0 Å². The van der Waals surface area contributed by atoms with E-state index in [0.717, 1.165) is 5.56 Å². The number of hydrogen-bond donors (Lipinski definition) is 2. The third-order valence-corrected chi connectivity index (χ3v) is 4.46. The van der Waals surface area contributed by atoms with Crippen molar-refractivity contribution in [2.24, 2.45) is 11.8 Å². The van der Waals surface area contributed by atoms with Crippen molar-refractivity contribution in [3.8, 4) is 0 Å². The zero-order valence-electron chi connectivity index (χ0n) is 11.9. The Morgan fingerprint density at radius 1 is 1.19 bits per heavy atom. The lowest BCUT2D eigenvalue weighted by atomic mass is 9.93. The Morgan fingerprint density at radius 2 is 2.00 bits per heavy atom. The summed E-state index contributed by atoms with van der Waals surface area (Å²) in [6.45, 7) is 0.776. The monoisotopic (exact) mass is 294 g/mol. The topological polar surface area (TPSA) is 68.2 Å². The summed E-state index contributed by atoms with van der Waals surface area (Å²) in [5.74, 6) is 0.205. The van der Waals surface area contributed by atoms with Gasteiger partial charge >= 0.3 is 0 Å². The van der Waals surface area contributed by atoms with Crippen LogP contribution < -0.4 is 0 Å². The summed E-state index contributed by atoms with van der Waals surface area (Å²) in [7, 11) is 0. The lowest BCUT2D eigenvalue weighted by Crippen LogP contribution is -2.27. The second kappa shape index (κ2) is 6.85. The molecule has 1 saturated heterocycles. The van der Waals surface area contributed by atoms with Crippen molar-refractivity contribution in [1.29, 1.82) is 0 Å². The van der Waals surface area contributed by atoms with Crippen LogP contribution in [0.15, 0.2) is 30.3 Å². The molecule has 0 bridgehead atoms. The first-order valence-electron chi connectivity index (χ1n) is 7.45. The highest BCUT2D eigenvalue weighted by atomic mass is 16.7. The van der Waals surface area contributed by atoms with Gasteiger partial charge in [0.25, 0.3) is 0 Å². The van der Waals surface area contributed by atoms with Crippen LogP contribution in [0.1, 0.15) is 18.4 Å². The molecular formula is C16H22O5. The van der Waals surface area contributed by atoms with Crippen LogP contribution in [0.5, 0.6) is 0 Å². The summed E-state index contributed by atoms with van der Waals surface area (Å²) in [4.78, 5) is 0. The Labute approximate surface area is 124 Å². The Balaban J connectivity index is 1.43. The average Bonchev–Trinajstić information content (AvgIpc) is 3.00. The molecule has 1 saturated carbocycles. The van der Waals surface area contributed by atoms with E-state index in [2.05, 4.69) is 0 Å². The van der Waals surface area contributed by atoms with Crippen molar-refractivity contribution in [2.45, 2.75) is 37.9 Å². The number of ether oxygens (including phenoxy) is 3. The van der Waals surface area contributed by atoms with E-state index >= 15 is 0 Å². The van der Waals surface area contributed by atoms with Gasteiger partial charge in [-0.3, -0.25) is 0 Å². The van der Waals surface area contributed by atoms with E-state index in [0.29, 0.717) is 19.4 Å². The fourth-order valence-electron chi connectivity index (χ4n) is 3.42. The first-order valence-corrected chi connectivity index (χ1v) is 7.45. The molecule has 2 N–H and O–H groups in total. The van der Waals surface area contributed by atoms with Crippen molar-refractivity contribution >= 4 is 0 Å². The molecule has 1 aliphatic heterocycles. The highest BCUT2D eigenvalue weighted by molar-refractivity contribution is 5.13. The molecule has 116 valence electrons. The molecule has 5 nitrogen and oxygen atoms in total. The molecule has 0 radical (unpaired) electrons. The lowest BCUT2D eigenvalue weighted by molar-refractivity contribution is -0.128. The zero-order chi connectivity index (χ0) is 14.7. The summed E-state index contributed by atoms with van der Waals surface area (Å²) >= 11 is 0. The molecule has 3 rings (SSSR count). The maximum absolute atomic E-state index is 9.55. The van der Waals surface area contributed by atoms with Gasteiger partial charge in [-0.2, -0.15) is 0 Å². The minimum atomic E-state index is -0.690. The van der Waals surface area contributed by atoms with Crippen LogP contribution >= 0.6 is 0 Å². The first-order chi connectivity index (χ1) is 10.3. The Morgan fingerprint density at radius 3 is 2.76 bits per heavy atom. The van der Waals surface area contributed by atoms with E-state index in [1.807, 2.05) is 30.3 Å². The molecule has 2 aliphatic rings. The smallest absolute Gasteiger partial charge is 0.155 e. The van der Waals surface area contributed by atoms with Crippen molar-refractivity contribution in [3.05, 3.63) is 35.9 Å². The van der Waals surface area contributed by atoms with Crippen LogP contribution in [-0.2, 0) is 20.8 Å². The third-order valence-electron chi connectivity index (χ3n) is 4.46. The van der Waals surface area contributed by atoms with Gasteiger partial charge in [-0.1, -0.05) is 30.3 Å². The number of aliphatic hydroxyl groups is 2. The van der Waals surface area contributed by atoms with Gasteiger partial charge in [0.15, 0.2) is 6.29 Å². The Kier molecular flexibility index (Phi) is 4.87. The van der Waals surface area contributed by atoms with Crippen molar-refractivity contribution in [1.82, 2.24) is 0 Å². The summed E-state index contributed by atoms with van der Waals surface area (Å²) in [5, 5.41) is 19.1. The number of fused-ring (bicyclic) bond motifs is 1. The molecule has 1 aromatic carbocycles. The van der Waals surface area contributed by atoms with E-state index in [1.165, 1.54) is 0 Å². The van der Waals surface area contributed by atoms with E-state index in [4.69, 9.17) is 14.2 Å². The highest BCUT2D eigenvalue weighted by Crippen LogP contribution is 2.43. The molecule has 5 heteroatoms. The summed E-state index contributed by atoms with van der Waals surface area (Å²) in [5.41, 5.74) is 1.11. The number of hydrogen-bond acceptors (Lipinski definition) is 5. The first kappa shape index (κ1) is 14.9. The fraction of sp³-hybridized carbons (Fsp3) is 0.625. The second-order valence-corrected chi connectivity index (χ2v) is 5.77. The normalized spacial score (nSPS) is 35.0. The van der Waals surface area contributed by atoms with Crippen LogP contribution in [0, 0.1) is 11.8 Å². The fourth-order valence-corrected chi connectivity index (χ4v) is 3.42. The quantitative estimate of drug-likeness (QED) is 0.611. The van der Waals surface area contributed by atoms with E-state index in [1.54, 1.807) is 0 Å². The molecular weight excluding hydrogens is 272 g/mol. The van der Waals surface area contributed by atoms with Gasteiger partial charge in [-0.05, 0) is 11.5 Å². The van der Waals surface area contributed by atoms with Crippen LogP contribution in [0.3, 0.4) is 0 Å². The van der Waals surface area contributed by atoms with Crippen molar-refractivity contribution in [3.63, 3.8) is 0 Å². The van der Waals surface area contributed by atoms with Crippen LogP contribution in [-0.4, -0.2) is 42.1 Å².